The van der Waals surface area contributed by atoms with Crippen LogP contribution in [0.5, 0.6) is 0 Å². The van der Waals surface area contributed by atoms with Crippen LogP contribution >= 0.6 is 11.6 Å². The Kier molecular flexibility index (Phi) is 5.99. The van der Waals surface area contributed by atoms with Crippen LogP contribution in [-0.4, -0.2) is 30.0 Å². The smallest absolute Gasteiger partial charge is 0.341 e. The molecule has 1 aromatic rings. The molecule has 1 N–H and O–H groups in total. The summed E-state index contributed by atoms with van der Waals surface area (Å²) in [5, 5.41) is 2.88. The highest BCUT2D eigenvalue weighted by molar-refractivity contribution is 6.32. The summed E-state index contributed by atoms with van der Waals surface area (Å²) in [6.45, 7) is 0.362. The van der Waals surface area contributed by atoms with Crippen LogP contribution in [0, 0.1) is 5.92 Å². The van der Waals surface area contributed by atoms with Gasteiger partial charge in [0, 0.05) is 12.7 Å². The zero-order valence-corrected chi connectivity index (χ0v) is 12.6. The Balaban J connectivity index is 1.71. The lowest BCUT2D eigenvalue weighted by atomic mass is 9.89. The molecule has 6 heteroatoms. The second kappa shape index (κ2) is 7.98. The number of carbonyl (C=O) groups is 2. The number of aromatic nitrogens is 1. The first-order chi connectivity index (χ1) is 10.2. The highest BCUT2D eigenvalue weighted by Gasteiger charge is 2.16. The average Bonchev–Trinajstić information content (AvgIpc) is 2.52. The third kappa shape index (κ3) is 5.01. The second-order valence-electron chi connectivity index (χ2n) is 5.23. The summed E-state index contributed by atoms with van der Waals surface area (Å²) in [6.07, 6.45) is 7.55. The molecule has 1 fully saturated rings. The van der Waals surface area contributed by atoms with Gasteiger partial charge >= 0.3 is 5.97 Å². The van der Waals surface area contributed by atoms with Crippen molar-refractivity contribution in [3.05, 3.63) is 29.0 Å². The van der Waals surface area contributed by atoms with Gasteiger partial charge < -0.3 is 10.1 Å². The zero-order valence-electron chi connectivity index (χ0n) is 11.8. The lowest BCUT2D eigenvalue weighted by Crippen LogP contribution is -2.33. The molecule has 1 aliphatic carbocycles. The molecule has 21 heavy (non-hydrogen) atoms. The molecular formula is C15H19ClN2O3. The second-order valence-corrected chi connectivity index (χ2v) is 5.58. The fourth-order valence-corrected chi connectivity index (χ4v) is 2.64. The highest BCUT2D eigenvalue weighted by Crippen LogP contribution is 2.22. The van der Waals surface area contributed by atoms with Gasteiger partial charge in [-0.05, 0) is 30.9 Å². The molecule has 0 aliphatic heterocycles. The lowest BCUT2D eigenvalue weighted by Gasteiger charge is -2.21. The van der Waals surface area contributed by atoms with Crippen LogP contribution in [0.2, 0.25) is 5.15 Å². The summed E-state index contributed by atoms with van der Waals surface area (Å²) < 4.78 is 4.94. The normalized spacial score (nSPS) is 15.5. The van der Waals surface area contributed by atoms with Crippen molar-refractivity contribution in [2.24, 2.45) is 5.92 Å². The number of pyridine rings is 1. The number of nitrogens with one attached hydrogen (secondary N) is 1. The number of ether oxygens (including phenoxy) is 1. The molecule has 1 aromatic heterocycles. The molecule has 1 saturated carbocycles. The molecule has 5 nitrogen and oxygen atoms in total. The van der Waals surface area contributed by atoms with Crippen LogP contribution in [0.1, 0.15) is 42.5 Å². The molecule has 1 amide bonds. The first-order valence-electron chi connectivity index (χ1n) is 7.21. The van der Waals surface area contributed by atoms with E-state index in [2.05, 4.69) is 10.3 Å². The van der Waals surface area contributed by atoms with Crippen molar-refractivity contribution in [1.82, 2.24) is 10.3 Å². The number of nitrogens with zero attached hydrogens (tertiary/aromatic N) is 1. The monoisotopic (exact) mass is 310 g/mol. The third-order valence-electron chi connectivity index (χ3n) is 3.63. The molecule has 0 bridgehead atoms. The Labute approximate surface area is 129 Å². The van der Waals surface area contributed by atoms with Crippen molar-refractivity contribution in [1.29, 1.82) is 0 Å². The lowest BCUT2D eigenvalue weighted by molar-refractivity contribution is -0.124. The fraction of sp³-hybridized carbons (Fsp3) is 0.533. The molecule has 1 aliphatic rings. The first kappa shape index (κ1) is 15.8. The van der Waals surface area contributed by atoms with Gasteiger partial charge in [-0.1, -0.05) is 30.9 Å². The summed E-state index contributed by atoms with van der Waals surface area (Å²) >= 11 is 5.78. The Morgan fingerprint density at radius 3 is 2.81 bits per heavy atom. The van der Waals surface area contributed by atoms with E-state index in [0.717, 1.165) is 12.8 Å². The van der Waals surface area contributed by atoms with Crippen LogP contribution in [0.15, 0.2) is 18.3 Å². The summed E-state index contributed by atoms with van der Waals surface area (Å²) in [6, 6.07) is 3.10. The Morgan fingerprint density at radius 1 is 1.33 bits per heavy atom. The number of carbonyl (C=O) groups excluding carboxylic acids is 2. The van der Waals surface area contributed by atoms with Crippen LogP contribution in [0.25, 0.3) is 0 Å². The minimum Gasteiger partial charge on any atom is -0.452 e. The summed E-state index contributed by atoms with van der Waals surface area (Å²) in [5.74, 6) is -0.374. The van der Waals surface area contributed by atoms with E-state index in [9.17, 15) is 9.59 Å². The maximum absolute atomic E-state index is 11.7. The molecule has 0 radical (unpaired) electrons. The maximum Gasteiger partial charge on any atom is 0.341 e. The van der Waals surface area contributed by atoms with E-state index in [1.54, 1.807) is 6.07 Å². The summed E-state index contributed by atoms with van der Waals surface area (Å²) in [5.41, 5.74) is 0.166. The van der Waals surface area contributed by atoms with Gasteiger partial charge in [0.15, 0.2) is 6.61 Å². The van der Waals surface area contributed by atoms with Crippen LogP contribution in [0.3, 0.4) is 0 Å². The van der Waals surface area contributed by atoms with E-state index in [1.165, 1.54) is 31.5 Å². The number of amides is 1. The van der Waals surface area contributed by atoms with Gasteiger partial charge in [0.1, 0.15) is 5.15 Å². The van der Waals surface area contributed by atoms with Crippen molar-refractivity contribution in [2.75, 3.05) is 13.2 Å². The minimum absolute atomic E-state index is 0.0742. The Morgan fingerprint density at radius 2 is 2.10 bits per heavy atom. The van der Waals surface area contributed by atoms with E-state index in [4.69, 9.17) is 16.3 Å². The quantitative estimate of drug-likeness (QED) is 0.670. The molecule has 0 unspecified atom stereocenters. The molecule has 0 aromatic carbocycles. The van der Waals surface area contributed by atoms with Crippen molar-refractivity contribution >= 4 is 23.5 Å². The average molecular weight is 311 g/mol. The van der Waals surface area contributed by atoms with E-state index >= 15 is 0 Å². The third-order valence-corrected chi connectivity index (χ3v) is 3.93. The largest absolute Gasteiger partial charge is 0.452 e. The first-order valence-corrected chi connectivity index (χ1v) is 7.59. The fourth-order valence-electron chi connectivity index (χ4n) is 2.45. The minimum atomic E-state index is -0.638. The zero-order chi connectivity index (χ0) is 15.1. The van der Waals surface area contributed by atoms with Crippen LogP contribution in [0.4, 0.5) is 0 Å². The van der Waals surface area contributed by atoms with Crippen LogP contribution in [-0.2, 0) is 9.53 Å². The predicted molar refractivity (Wildman–Crippen MR) is 79.1 cm³/mol. The molecule has 0 saturated heterocycles. The van der Waals surface area contributed by atoms with Gasteiger partial charge in [-0.2, -0.15) is 0 Å². The molecule has 1 heterocycles. The highest BCUT2D eigenvalue weighted by atomic mass is 35.5. The van der Waals surface area contributed by atoms with Crippen LogP contribution < -0.4 is 5.32 Å². The molecule has 0 spiro atoms. The number of esters is 1. The topological polar surface area (TPSA) is 68.3 Å². The van der Waals surface area contributed by atoms with Gasteiger partial charge in [0.2, 0.25) is 0 Å². The van der Waals surface area contributed by atoms with E-state index < -0.39 is 5.97 Å². The number of halogens is 1. The van der Waals surface area contributed by atoms with Gasteiger partial charge in [-0.25, -0.2) is 9.78 Å². The van der Waals surface area contributed by atoms with E-state index in [-0.39, 0.29) is 23.2 Å². The summed E-state index contributed by atoms with van der Waals surface area (Å²) in [7, 11) is 0. The van der Waals surface area contributed by atoms with Crippen molar-refractivity contribution in [2.45, 2.75) is 32.1 Å². The molecule has 2 rings (SSSR count). The van der Waals surface area contributed by atoms with Gasteiger partial charge in [0.25, 0.3) is 5.91 Å². The van der Waals surface area contributed by atoms with Crippen molar-refractivity contribution in [3.63, 3.8) is 0 Å². The maximum atomic E-state index is 11.7. The number of hydrogen-bond acceptors (Lipinski definition) is 4. The SMILES string of the molecule is O=C(COC(=O)c1cccnc1Cl)NCC1CCCCC1. The molecular weight excluding hydrogens is 292 g/mol. The van der Waals surface area contributed by atoms with E-state index in [0.29, 0.717) is 12.5 Å². The van der Waals surface area contributed by atoms with Crippen molar-refractivity contribution < 1.29 is 14.3 Å². The molecule has 0 atom stereocenters. The number of rotatable bonds is 5. The van der Waals surface area contributed by atoms with Gasteiger partial charge in [-0.3, -0.25) is 4.79 Å². The predicted octanol–water partition coefficient (Wildman–Crippen LogP) is 2.59. The Hall–Kier alpha value is -1.62. The van der Waals surface area contributed by atoms with Gasteiger partial charge in [0.05, 0.1) is 5.56 Å². The Bertz CT molecular complexity index is 501. The van der Waals surface area contributed by atoms with Gasteiger partial charge in [-0.15, -0.1) is 0 Å². The summed E-state index contributed by atoms with van der Waals surface area (Å²) in [4.78, 5) is 27.2. The molecule has 114 valence electrons. The number of hydrogen-bond donors (Lipinski definition) is 1. The standard InChI is InChI=1S/C15H19ClN2O3/c16-14-12(7-4-8-17-14)15(20)21-10-13(19)18-9-11-5-2-1-3-6-11/h4,7-8,11H,1-3,5-6,9-10H2,(H,18,19). The van der Waals surface area contributed by atoms with Crippen molar-refractivity contribution in [3.8, 4) is 0 Å². The van der Waals surface area contributed by atoms with E-state index in [1.807, 2.05) is 0 Å².